The molecule has 7 heteroatoms. The van der Waals surface area contributed by atoms with Gasteiger partial charge in [0.2, 0.25) is 0 Å². The van der Waals surface area contributed by atoms with Crippen LogP contribution in [0.5, 0.6) is 0 Å². The Bertz CT molecular complexity index is 455. The van der Waals surface area contributed by atoms with Crippen molar-refractivity contribution in [3.63, 3.8) is 0 Å². The molecule has 1 fully saturated rings. The predicted molar refractivity (Wildman–Crippen MR) is 70.7 cm³/mol. The molecular formula is C13H22F2N4O. The zero-order valence-electron chi connectivity index (χ0n) is 12.4. The van der Waals surface area contributed by atoms with E-state index in [1.807, 2.05) is 0 Å². The number of likely N-dealkylation sites (tertiary alicyclic amines) is 1. The van der Waals surface area contributed by atoms with Crippen LogP contribution in [0.4, 0.5) is 8.78 Å². The summed E-state index contributed by atoms with van der Waals surface area (Å²) >= 11 is 0. The molecule has 0 aromatic carbocycles. The second-order valence-electron chi connectivity index (χ2n) is 6.30. The molecule has 0 amide bonds. The van der Waals surface area contributed by atoms with Gasteiger partial charge in [0.25, 0.3) is 5.92 Å². The van der Waals surface area contributed by atoms with Gasteiger partial charge in [-0.1, -0.05) is 20.8 Å². The Balaban J connectivity index is 2.02. The van der Waals surface area contributed by atoms with Gasteiger partial charge < -0.3 is 4.74 Å². The molecule has 114 valence electrons. The van der Waals surface area contributed by atoms with Crippen molar-refractivity contribution in [3.8, 4) is 0 Å². The molecule has 0 aliphatic carbocycles. The van der Waals surface area contributed by atoms with Crippen molar-refractivity contribution < 1.29 is 13.5 Å². The first-order chi connectivity index (χ1) is 9.21. The first-order valence-electron chi connectivity index (χ1n) is 6.76. The Hall–Kier alpha value is -1.08. The van der Waals surface area contributed by atoms with Gasteiger partial charge in [-0.15, -0.1) is 0 Å². The van der Waals surface area contributed by atoms with Crippen molar-refractivity contribution in [2.24, 2.45) is 0 Å². The van der Waals surface area contributed by atoms with Gasteiger partial charge in [-0.2, -0.15) is 15.0 Å². The number of rotatable bonds is 4. The van der Waals surface area contributed by atoms with Crippen molar-refractivity contribution in [2.75, 3.05) is 20.2 Å². The van der Waals surface area contributed by atoms with Crippen LogP contribution in [0.2, 0.25) is 0 Å². The Morgan fingerprint density at radius 2 is 2.15 bits per heavy atom. The summed E-state index contributed by atoms with van der Waals surface area (Å²) < 4.78 is 31.8. The van der Waals surface area contributed by atoms with Gasteiger partial charge in [0, 0.05) is 25.5 Å². The first-order valence-corrected chi connectivity index (χ1v) is 6.76. The van der Waals surface area contributed by atoms with E-state index in [4.69, 9.17) is 4.74 Å². The van der Waals surface area contributed by atoms with Crippen molar-refractivity contribution in [2.45, 2.75) is 51.3 Å². The molecule has 0 radical (unpaired) electrons. The normalized spacial score (nSPS) is 21.3. The summed E-state index contributed by atoms with van der Waals surface area (Å²) in [7, 11) is 1.52. The molecule has 1 aromatic heterocycles. The molecular weight excluding hydrogens is 266 g/mol. The molecule has 1 unspecified atom stereocenters. The maximum absolute atomic E-state index is 13.3. The lowest BCUT2D eigenvalue weighted by Gasteiger charge is -2.25. The molecule has 20 heavy (non-hydrogen) atoms. The second-order valence-corrected chi connectivity index (χ2v) is 6.30. The minimum Gasteiger partial charge on any atom is -0.364 e. The molecule has 2 heterocycles. The molecule has 2 rings (SSSR count). The van der Waals surface area contributed by atoms with Gasteiger partial charge in [0.05, 0.1) is 18.4 Å². The monoisotopic (exact) mass is 288 g/mol. The topological polar surface area (TPSA) is 43.2 Å². The van der Waals surface area contributed by atoms with Crippen LogP contribution in [0.3, 0.4) is 0 Å². The van der Waals surface area contributed by atoms with Crippen LogP contribution in [0.15, 0.2) is 6.20 Å². The zero-order chi connectivity index (χ0) is 15.0. The highest BCUT2D eigenvalue weighted by Crippen LogP contribution is 2.28. The number of halogens is 2. The molecule has 0 bridgehead atoms. The molecule has 1 aliphatic heterocycles. The quantitative estimate of drug-likeness (QED) is 0.848. The Morgan fingerprint density at radius 3 is 2.60 bits per heavy atom. The molecule has 0 saturated carbocycles. The summed E-state index contributed by atoms with van der Waals surface area (Å²) in [5.41, 5.74) is 0.792. The molecule has 5 nitrogen and oxygen atoms in total. The Kier molecular flexibility index (Phi) is 4.11. The third-order valence-electron chi connectivity index (χ3n) is 3.50. The number of hydrogen-bond acceptors (Lipinski definition) is 4. The van der Waals surface area contributed by atoms with E-state index in [0.717, 1.165) is 5.69 Å². The van der Waals surface area contributed by atoms with E-state index in [2.05, 4.69) is 31.0 Å². The standard InChI is InChI=1S/C13H22F2N4O/c1-12(2,3)10-7-16-19(17-10)8-11(20-4)18-6-5-13(14,15)9-18/h7,11H,5-6,8-9H2,1-4H3. The lowest BCUT2D eigenvalue weighted by Crippen LogP contribution is -2.40. The van der Waals surface area contributed by atoms with Crippen LogP contribution in [0.1, 0.15) is 32.9 Å². The second kappa shape index (κ2) is 5.37. The number of alkyl halides is 2. The third kappa shape index (κ3) is 3.52. The molecule has 0 N–H and O–H groups in total. The summed E-state index contributed by atoms with van der Waals surface area (Å²) in [5, 5.41) is 8.58. The van der Waals surface area contributed by atoms with Gasteiger partial charge in [-0.05, 0) is 0 Å². The van der Waals surface area contributed by atoms with Gasteiger partial charge in [-0.3, -0.25) is 4.90 Å². The van der Waals surface area contributed by atoms with E-state index in [-0.39, 0.29) is 18.4 Å². The number of methoxy groups -OCH3 is 1. The summed E-state index contributed by atoms with van der Waals surface area (Å²) in [6.07, 6.45) is 1.17. The molecule has 1 saturated heterocycles. The van der Waals surface area contributed by atoms with E-state index >= 15 is 0 Å². The van der Waals surface area contributed by atoms with Crippen LogP contribution in [0.25, 0.3) is 0 Å². The molecule has 1 aromatic rings. The average molecular weight is 288 g/mol. The fraction of sp³-hybridized carbons (Fsp3) is 0.846. The van der Waals surface area contributed by atoms with Crippen LogP contribution < -0.4 is 0 Å². The number of hydrogen-bond donors (Lipinski definition) is 0. The van der Waals surface area contributed by atoms with Gasteiger partial charge >= 0.3 is 0 Å². The number of ether oxygens (including phenoxy) is 1. The fourth-order valence-electron chi connectivity index (χ4n) is 2.22. The predicted octanol–water partition coefficient (Wildman–Crippen LogP) is 1.89. The smallest absolute Gasteiger partial charge is 0.261 e. The highest BCUT2D eigenvalue weighted by molar-refractivity contribution is 5.05. The highest BCUT2D eigenvalue weighted by atomic mass is 19.3. The maximum atomic E-state index is 13.3. The number of nitrogens with zero attached hydrogens (tertiary/aromatic N) is 4. The van der Waals surface area contributed by atoms with Crippen molar-refractivity contribution >= 4 is 0 Å². The summed E-state index contributed by atoms with van der Waals surface area (Å²) in [5.74, 6) is -2.62. The summed E-state index contributed by atoms with van der Waals surface area (Å²) in [6, 6.07) is 0. The molecule has 1 atom stereocenters. The van der Waals surface area contributed by atoms with E-state index in [1.54, 1.807) is 11.1 Å². The van der Waals surface area contributed by atoms with Crippen LogP contribution in [-0.2, 0) is 16.7 Å². The summed E-state index contributed by atoms with van der Waals surface area (Å²) in [4.78, 5) is 3.16. The van der Waals surface area contributed by atoms with Crippen molar-refractivity contribution in [3.05, 3.63) is 11.9 Å². The van der Waals surface area contributed by atoms with Gasteiger partial charge in [0.15, 0.2) is 0 Å². The summed E-state index contributed by atoms with van der Waals surface area (Å²) in [6.45, 7) is 6.57. The van der Waals surface area contributed by atoms with E-state index in [9.17, 15) is 8.78 Å². The Morgan fingerprint density at radius 1 is 1.45 bits per heavy atom. The van der Waals surface area contributed by atoms with E-state index in [1.165, 1.54) is 11.9 Å². The number of aromatic nitrogens is 3. The SMILES string of the molecule is COC(Cn1ncc(C(C)(C)C)n1)N1CCC(F)(F)C1. The third-order valence-corrected chi connectivity index (χ3v) is 3.50. The zero-order valence-corrected chi connectivity index (χ0v) is 12.4. The van der Waals surface area contributed by atoms with Crippen LogP contribution in [0, 0.1) is 0 Å². The molecule has 1 aliphatic rings. The Labute approximate surface area is 117 Å². The maximum Gasteiger partial charge on any atom is 0.261 e. The van der Waals surface area contributed by atoms with Crippen LogP contribution >= 0.6 is 0 Å². The van der Waals surface area contributed by atoms with Gasteiger partial charge in [-0.25, -0.2) is 8.78 Å². The van der Waals surface area contributed by atoms with E-state index in [0.29, 0.717) is 13.1 Å². The molecule has 0 spiro atoms. The largest absolute Gasteiger partial charge is 0.364 e. The first kappa shape index (κ1) is 15.3. The van der Waals surface area contributed by atoms with Gasteiger partial charge in [0.1, 0.15) is 12.8 Å². The van der Waals surface area contributed by atoms with Crippen molar-refractivity contribution in [1.82, 2.24) is 19.9 Å². The highest BCUT2D eigenvalue weighted by Gasteiger charge is 2.41. The lowest BCUT2D eigenvalue weighted by atomic mass is 9.93. The fourth-order valence-corrected chi connectivity index (χ4v) is 2.22. The lowest BCUT2D eigenvalue weighted by molar-refractivity contribution is -0.0594. The van der Waals surface area contributed by atoms with E-state index < -0.39 is 12.2 Å². The van der Waals surface area contributed by atoms with Crippen molar-refractivity contribution in [1.29, 1.82) is 0 Å². The minimum atomic E-state index is -2.62. The van der Waals surface area contributed by atoms with Crippen LogP contribution in [-0.4, -0.2) is 52.2 Å². The minimum absolute atomic E-state index is 0.0819. The average Bonchev–Trinajstić information content (AvgIpc) is 2.91.